The zero-order chi connectivity index (χ0) is 13.9. The molecule has 3 nitrogen and oxygen atoms in total. The highest BCUT2D eigenvalue weighted by Crippen LogP contribution is 2.30. The standard InChI is InChI=1S/C17H33N3/c1-3-9-18-17-8-4-6-15(17)12-20-13-16-7-5-10-19(16)11-14(20)2/h14-18H,3-13H2,1-2H3. The van der Waals surface area contributed by atoms with Gasteiger partial charge in [0.05, 0.1) is 0 Å². The molecular formula is C17H33N3. The smallest absolute Gasteiger partial charge is 0.0224 e. The van der Waals surface area contributed by atoms with Gasteiger partial charge in [-0.1, -0.05) is 13.3 Å². The summed E-state index contributed by atoms with van der Waals surface area (Å²) < 4.78 is 0. The number of hydrogen-bond donors (Lipinski definition) is 1. The lowest BCUT2D eigenvalue weighted by molar-refractivity contribution is 0.0457. The van der Waals surface area contributed by atoms with E-state index >= 15 is 0 Å². The van der Waals surface area contributed by atoms with Crippen molar-refractivity contribution in [2.75, 3.05) is 32.7 Å². The first kappa shape index (κ1) is 14.8. The van der Waals surface area contributed by atoms with Gasteiger partial charge in [0.25, 0.3) is 0 Å². The first-order valence-corrected chi connectivity index (χ1v) is 8.99. The van der Waals surface area contributed by atoms with Gasteiger partial charge in [0, 0.05) is 37.8 Å². The molecule has 0 aromatic carbocycles. The maximum Gasteiger partial charge on any atom is 0.0224 e. The highest BCUT2D eigenvalue weighted by atomic mass is 15.3. The average Bonchev–Trinajstić information content (AvgIpc) is 3.06. The van der Waals surface area contributed by atoms with Crippen molar-refractivity contribution in [3.05, 3.63) is 0 Å². The molecule has 0 bridgehead atoms. The fourth-order valence-electron chi connectivity index (χ4n) is 4.66. The Labute approximate surface area is 125 Å². The van der Waals surface area contributed by atoms with E-state index in [0.717, 1.165) is 24.0 Å². The molecule has 1 aliphatic carbocycles. The summed E-state index contributed by atoms with van der Waals surface area (Å²) in [7, 11) is 0. The topological polar surface area (TPSA) is 18.5 Å². The lowest BCUT2D eigenvalue weighted by atomic mass is 9.99. The molecule has 0 aromatic heterocycles. The summed E-state index contributed by atoms with van der Waals surface area (Å²) in [5, 5.41) is 3.80. The normalized spacial score (nSPS) is 39.3. The van der Waals surface area contributed by atoms with Crippen LogP contribution in [-0.4, -0.2) is 60.6 Å². The molecule has 3 heteroatoms. The minimum Gasteiger partial charge on any atom is -0.314 e. The fraction of sp³-hybridized carbons (Fsp3) is 1.00. The van der Waals surface area contributed by atoms with Gasteiger partial charge in [0.15, 0.2) is 0 Å². The number of rotatable bonds is 5. The fourth-order valence-corrected chi connectivity index (χ4v) is 4.66. The minimum atomic E-state index is 0.761. The zero-order valence-corrected chi connectivity index (χ0v) is 13.5. The van der Waals surface area contributed by atoms with Gasteiger partial charge >= 0.3 is 0 Å². The van der Waals surface area contributed by atoms with Crippen LogP contribution in [0.5, 0.6) is 0 Å². The molecule has 0 radical (unpaired) electrons. The van der Waals surface area contributed by atoms with Crippen molar-refractivity contribution >= 4 is 0 Å². The molecule has 1 saturated carbocycles. The van der Waals surface area contributed by atoms with Crippen LogP contribution in [0.1, 0.15) is 52.4 Å². The van der Waals surface area contributed by atoms with Gasteiger partial charge in [-0.05, 0) is 58.0 Å². The van der Waals surface area contributed by atoms with E-state index in [2.05, 4.69) is 29.0 Å². The molecule has 4 unspecified atom stereocenters. The Hall–Kier alpha value is -0.120. The molecule has 2 aliphatic heterocycles. The van der Waals surface area contributed by atoms with E-state index < -0.39 is 0 Å². The van der Waals surface area contributed by atoms with Gasteiger partial charge in [0.2, 0.25) is 0 Å². The van der Waals surface area contributed by atoms with Gasteiger partial charge in [-0.25, -0.2) is 0 Å². The third-order valence-corrected chi connectivity index (χ3v) is 5.85. The summed E-state index contributed by atoms with van der Waals surface area (Å²) >= 11 is 0. The maximum absolute atomic E-state index is 3.80. The first-order chi connectivity index (χ1) is 9.78. The van der Waals surface area contributed by atoms with E-state index in [4.69, 9.17) is 0 Å². The summed E-state index contributed by atoms with van der Waals surface area (Å²) in [5.41, 5.74) is 0. The number of fused-ring (bicyclic) bond motifs is 1. The van der Waals surface area contributed by atoms with Crippen LogP contribution in [0.2, 0.25) is 0 Å². The Bertz CT molecular complexity index is 307. The van der Waals surface area contributed by atoms with E-state index in [-0.39, 0.29) is 0 Å². The largest absolute Gasteiger partial charge is 0.314 e. The predicted octanol–water partition coefficient (Wildman–Crippen LogP) is 2.32. The molecule has 20 heavy (non-hydrogen) atoms. The summed E-state index contributed by atoms with van der Waals surface area (Å²) in [5.74, 6) is 0.900. The van der Waals surface area contributed by atoms with E-state index in [1.54, 1.807) is 0 Å². The lowest BCUT2D eigenvalue weighted by Crippen LogP contribution is -2.56. The predicted molar refractivity (Wildman–Crippen MR) is 85.1 cm³/mol. The van der Waals surface area contributed by atoms with Gasteiger partial charge < -0.3 is 5.32 Å². The minimum absolute atomic E-state index is 0.761. The molecule has 116 valence electrons. The Morgan fingerprint density at radius 3 is 2.85 bits per heavy atom. The number of piperazine rings is 1. The van der Waals surface area contributed by atoms with Gasteiger partial charge in [-0.15, -0.1) is 0 Å². The lowest BCUT2D eigenvalue weighted by Gasteiger charge is -2.44. The molecule has 2 heterocycles. The third-order valence-electron chi connectivity index (χ3n) is 5.85. The molecule has 4 atom stereocenters. The second-order valence-electron chi connectivity index (χ2n) is 7.35. The summed E-state index contributed by atoms with van der Waals surface area (Å²) in [6.45, 7) is 11.3. The molecule has 2 saturated heterocycles. The van der Waals surface area contributed by atoms with Crippen molar-refractivity contribution in [1.29, 1.82) is 0 Å². The molecule has 3 aliphatic rings. The van der Waals surface area contributed by atoms with Crippen LogP contribution >= 0.6 is 0 Å². The van der Waals surface area contributed by atoms with Crippen molar-refractivity contribution in [1.82, 2.24) is 15.1 Å². The van der Waals surface area contributed by atoms with Crippen molar-refractivity contribution < 1.29 is 0 Å². The number of nitrogens with zero attached hydrogens (tertiary/aromatic N) is 2. The van der Waals surface area contributed by atoms with Crippen molar-refractivity contribution in [3.8, 4) is 0 Å². The van der Waals surface area contributed by atoms with Crippen molar-refractivity contribution in [2.24, 2.45) is 5.92 Å². The molecule has 0 aromatic rings. The number of nitrogens with one attached hydrogen (secondary N) is 1. The van der Waals surface area contributed by atoms with Gasteiger partial charge in [-0.3, -0.25) is 9.80 Å². The number of hydrogen-bond acceptors (Lipinski definition) is 3. The second-order valence-corrected chi connectivity index (χ2v) is 7.35. The molecule has 3 fully saturated rings. The Morgan fingerprint density at radius 2 is 2.00 bits per heavy atom. The van der Waals surface area contributed by atoms with E-state index in [9.17, 15) is 0 Å². The van der Waals surface area contributed by atoms with Crippen LogP contribution < -0.4 is 5.32 Å². The van der Waals surface area contributed by atoms with E-state index in [1.165, 1.54) is 71.2 Å². The van der Waals surface area contributed by atoms with Crippen LogP contribution in [0.3, 0.4) is 0 Å². The van der Waals surface area contributed by atoms with Crippen molar-refractivity contribution in [2.45, 2.75) is 70.5 Å². The van der Waals surface area contributed by atoms with Gasteiger partial charge in [0.1, 0.15) is 0 Å². The molecule has 0 amide bonds. The third kappa shape index (κ3) is 3.20. The summed E-state index contributed by atoms with van der Waals surface area (Å²) in [6, 6.07) is 2.43. The van der Waals surface area contributed by atoms with Crippen LogP contribution in [0.15, 0.2) is 0 Å². The Kier molecular flexibility index (Phi) is 5.00. The van der Waals surface area contributed by atoms with E-state index in [1.807, 2.05) is 0 Å². The van der Waals surface area contributed by atoms with Gasteiger partial charge in [-0.2, -0.15) is 0 Å². The van der Waals surface area contributed by atoms with Crippen LogP contribution in [0, 0.1) is 5.92 Å². The summed E-state index contributed by atoms with van der Waals surface area (Å²) in [6.07, 6.45) is 8.41. The Balaban J connectivity index is 1.53. The van der Waals surface area contributed by atoms with E-state index in [0.29, 0.717) is 0 Å². The second kappa shape index (κ2) is 6.76. The SMILES string of the molecule is CCCNC1CCCC1CN1CC2CCCN2CC1C. The maximum atomic E-state index is 3.80. The van der Waals surface area contributed by atoms with Crippen molar-refractivity contribution in [3.63, 3.8) is 0 Å². The molecule has 3 rings (SSSR count). The van der Waals surface area contributed by atoms with Crippen LogP contribution in [-0.2, 0) is 0 Å². The summed E-state index contributed by atoms with van der Waals surface area (Å²) in [4.78, 5) is 5.55. The highest BCUT2D eigenvalue weighted by molar-refractivity contribution is 4.93. The first-order valence-electron chi connectivity index (χ1n) is 8.99. The Morgan fingerprint density at radius 1 is 1.10 bits per heavy atom. The quantitative estimate of drug-likeness (QED) is 0.833. The molecule has 0 spiro atoms. The zero-order valence-electron chi connectivity index (χ0n) is 13.5. The van der Waals surface area contributed by atoms with Crippen LogP contribution in [0.25, 0.3) is 0 Å². The highest BCUT2D eigenvalue weighted by Gasteiger charge is 2.36. The molecule has 1 N–H and O–H groups in total. The monoisotopic (exact) mass is 279 g/mol. The van der Waals surface area contributed by atoms with Crippen LogP contribution in [0.4, 0.5) is 0 Å². The molecular weight excluding hydrogens is 246 g/mol. The average molecular weight is 279 g/mol.